The molecule has 1 rings (SSSR count). The van der Waals surface area contributed by atoms with Gasteiger partial charge in [-0.15, -0.1) is 0 Å². The first kappa shape index (κ1) is 17.2. The molecule has 1 aromatic carbocycles. The van der Waals surface area contributed by atoms with E-state index in [0.717, 1.165) is 23.0 Å². The van der Waals surface area contributed by atoms with E-state index in [1.807, 2.05) is 22.6 Å². The molecule has 0 radical (unpaired) electrons. The smallest absolute Gasteiger partial charge is 0.251 e. The Morgan fingerprint density at radius 2 is 2.10 bits per heavy atom. The van der Waals surface area contributed by atoms with E-state index in [0.29, 0.717) is 18.2 Å². The minimum Gasteiger partial charge on any atom is -0.507 e. The van der Waals surface area contributed by atoms with Crippen molar-refractivity contribution in [3.8, 4) is 5.75 Å². The first-order chi connectivity index (χ1) is 9.41. The topological polar surface area (TPSA) is 52.6 Å². The maximum Gasteiger partial charge on any atom is 0.251 e. The molecule has 0 aliphatic rings. The number of nitrogens with zero attached hydrogens (tertiary/aromatic N) is 1. The minimum absolute atomic E-state index is 0.131. The van der Waals surface area contributed by atoms with Crippen LogP contribution in [0.4, 0.5) is 0 Å². The van der Waals surface area contributed by atoms with Crippen molar-refractivity contribution in [2.24, 2.45) is 0 Å². The van der Waals surface area contributed by atoms with Gasteiger partial charge in [0.15, 0.2) is 0 Å². The summed E-state index contributed by atoms with van der Waals surface area (Å²) in [6.45, 7) is 6.05. The molecule has 0 bridgehead atoms. The van der Waals surface area contributed by atoms with Gasteiger partial charge in [-0.2, -0.15) is 0 Å². The van der Waals surface area contributed by atoms with Crippen LogP contribution >= 0.6 is 22.6 Å². The van der Waals surface area contributed by atoms with Gasteiger partial charge in [0.05, 0.1) is 3.57 Å². The number of halogens is 1. The van der Waals surface area contributed by atoms with Gasteiger partial charge < -0.3 is 15.3 Å². The van der Waals surface area contributed by atoms with Crippen molar-refractivity contribution < 1.29 is 9.90 Å². The molecule has 0 aromatic heterocycles. The van der Waals surface area contributed by atoms with E-state index >= 15 is 0 Å². The van der Waals surface area contributed by atoms with Crippen molar-refractivity contribution in [2.75, 3.05) is 20.1 Å². The fourth-order valence-electron chi connectivity index (χ4n) is 1.70. The number of aromatic hydroxyl groups is 1. The maximum absolute atomic E-state index is 11.9. The van der Waals surface area contributed by atoms with Crippen LogP contribution in [0, 0.1) is 3.57 Å². The van der Waals surface area contributed by atoms with Gasteiger partial charge in [-0.05, 0) is 81.1 Å². The lowest BCUT2D eigenvalue weighted by Gasteiger charge is -2.20. The zero-order valence-electron chi connectivity index (χ0n) is 12.3. The largest absolute Gasteiger partial charge is 0.507 e. The van der Waals surface area contributed by atoms with Gasteiger partial charge >= 0.3 is 0 Å². The summed E-state index contributed by atoms with van der Waals surface area (Å²) < 4.78 is 0.746. The van der Waals surface area contributed by atoms with Crippen LogP contribution in [-0.2, 0) is 0 Å². The highest BCUT2D eigenvalue weighted by atomic mass is 127. The molecule has 4 nitrogen and oxygen atoms in total. The Morgan fingerprint density at radius 3 is 2.70 bits per heavy atom. The van der Waals surface area contributed by atoms with Gasteiger partial charge in [0.2, 0.25) is 0 Å². The lowest BCUT2D eigenvalue weighted by molar-refractivity contribution is 0.0952. The third-order valence-electron chi connectivity index (χ3n) is 3.31. The van der Waals surface area contributed by atoms with E-state index in [9.17, 15) is 9.90 Å². The number of phenols is 1. The summed E-state index contributed by atoms with van der Waals surface area (Å²) in [5.41, 5.74) is 0.502. The Balaban J connectivity index is 2.28. The third kappa shape index (κ3) is 5.66. The van der Waals surface area contributed by atoms with Crippen molar-refractivity contribution in [2.45, 2.75) is 32.7 Å². The zero-order valence-corrected chi connectivity index (χ0v) is 14.5. The molecule has 0 heterocycles. The number of rotatable bonds is 7. The van der Waals surface area contributed by atoms with Gasteiger partial charge in [-0.25, -0.2) is 0 Å². The maximum atomic E-state index is 11.9. The number of hydrogen-bond donors (Lipinski definition) is 2. The molecular weight excluding hydrogens is 367 g/mol. The molecule has 1 amide bonds. The van der Waals surface area contributed by atoms with Crippen LogP contribution in [0.25, 0.3) is 0 Å². The fraction of sp³-hybridized carbons (Fsp3) is 0.533. The summed E-state index contributed by atoms with van der Waals surface area (Å²) in [7, 11) is 2.11. The number of phenolic OH excluding ortho intramolecular Hbond substituents is 1. The van der Waals surface area contributed by atoms with Crippen LogP contribution in [0.1, 0.15) is 37.0 Å². The monoisotopic (exact) mass is 390 g/mol. The Bertz CT molecular complexity index is 449. The molecule has 0 unspecified atom stereocenters. The molecule has 5 heteroatoms. The van der Waals surface area contributed by atoms with E-state index < -0.39 is 0 Å². The number of nitrogens with one attached hydrogen (secondary N) is 1. The van der Waals surface area contributed by atoms with Crippen molar-refractivity contribution in [3.63, 3.8) is 0 Å². The molecule has 2 N–H and O–H groups in total. The van der Waals surface area contributed by atoms with Gasteiger partial charge in [0, 0.05) is 18.2 Å². The van der Waals surface area contributed by atoms with E-state index in [4.69, 9.17) is 0 Å². The van der Waals surface area contributed by atoms with Crippen LogP contribution in [0.3, 0.4) is 0 Å². The van der Waals surface area contributed by atoms with Crippen LogP contribution in [0.5, 0.6) is 5.75 Å². The van der Waals surface area contributed by atoms with Crippen molar-refractivity contribution in [1.82, 2.24) is 10.2 Å². The first-order valence-electron chi connectivity index (χ1n) is 6.88. The van der Waals surface area contributed by atoms with Gasteiger partial charge in [0.1, 0.15) is 5.75 Å². The Hall–Kier alpha value is -0.820. The first-order valence-corrected chi connectivity index (χ1v) is 7.96. The van der Waals surface area contributed by atoms with E-state index in [2.05, 4.69) is 31.1 Å². The highest BCUT2D eigenvalue weighted by Crippen LogP contribution is 2.20. The second-order valence-corrected chi connectivity index (χ2v) is 6.37. The molecule has 112 valence electrons. The summed E-state index contributed by atoms with van der Waals surface area (Å²) in [4.78, 5) is 14.2. The lowest BCUT2D eigenvalue weighted by atomic mass is 10.2. The number of carbonyl (C=O) groups excluding carboxylic acids is 1. The predicted octanol–water partition coefficient (Wildman–Crippen LogP) is 2.85. The van der Waals surface area contributed by atoms with E-state index in [-0.39, 0.29) is 11.7 Å². The fourth-order valence-corrected chi connectivity index (χ4v) is 2.04. The normalized spacial score (nSPS) is 11.1. The molecule has 20 heavy (non-hydrogen) atoms. The number of unbranched alkanes of at least 4 members (excludes halogenated alkanes) is 1. The lowest BCUT2D eigenvalue weighted by Crippen LogP contribution is -2.29. The van der Waals surface area contributed by atoms with Crippen LogP contribution in [0.15, 0.2) is 18.2 Å². The van der Waals surface area contributed by atoms with Gasteiger partial charge in [-0.1, -0.05) is 0 Å². The molecule has 0 saturated heterocycles. The molecule has 0 saturated carbocycles. The van der Waals surface area contributed by atoms with E-state index in [1.165, 1.54) is 6.07 Å². The molecule has 0 spiro atoms. The third-order valence-corrected chi connectivity index (χ3v) is 4.23. The Labute approximate surface area is 134 Å². The predicted molar refractivity (Wildman–Crippen MR) is 90.2 cm³/mol. The van der Waals surface area contributed by atoms with Crippen molar-refractivity contribution in [3.05, 3.63) is 27.3 Å². The zero-order chi connectivity index (χ0) is 15.1. The minimum atomic E-state index is -0.131. The quantitative estimate of drug-likeness (QED) is 0.556. The van der Waals surface area contributed by atoms with Crippen LogP contribution in [0.2, 0.25) is 0 Å². The Morgan fingerprint density at radius 1 is 1.40 bits per heavy atom. The van der Waals surface area contributed by atoms with Crippen molar-refractivity contribution in [1.29, 1.82) is 0 Å². The summed E-state index contributed by atoms with van der Waals surface area (Å²) in [6.07, 6.45) is 2.02. The molecule has 0 aliphatic heterocycles. The highest BCUT2D eigenvalue weighted by Gasteiger charge is 2.07. The summed E-state index contributed by atoms with van der Waals surface area (Å²) in [5.74, 6) is 0.0192. The SMILES string of the molecule is CC(C)N(C)CCCCNC(=O)c1ccc(I)c(O)c1. The van der Waals surface area contributed by atoms with Crippen molar-refractivity contribution >= 4 is 28.5 Å². The summed E-state index contributed by atoms with van der Waals surface area (Å²) in [5, 5.41) is 12.5. The summed E-state index contributed by atoms with van der Waals surface area (Å²) in [6, 6.07) is 5.52. The highest BCUT2D eigenvalue weighted by molar-refractivity contribution is 14.1. The molecular formula is C15H23IN2O2. The van der Waals surface area contributed by atoms with E-state index in [1.54, 1.807) is 12.1 Å². The summed E-state index contributed by atoms with van der Waals surface area (Å²) >= 11 is 2.03. The van der Waals surface area contributed by atoms with Gasteiger partial charge in [0.25, 0.3) is 5.91 Å². The number of amides is 1. The standard InChI is InChI=1S/C15H23IN2O2/c1-11(2)18(3)9-5-4-8-17-15(20)12-6-7-13(16)14(19)10-12/h6-7,10-11,19H,4-5,8-9H2,1-3H3,(H,17,20). The molecule has 0 atom stereocenters. The Kier molecular flexibility index (Phi) is 7.29. The van der Waals surface area contributed by atoms with Crippen LogP contribution < -0.4 is 5.32 Å². The molecule has 0 fully saturated rings. The van der Waals surface area contributed by atoms with Gasteiger partial charge in [-0.3, -0.25) is 4.79 Å². The number of hydrogen-bond acceptors (Lipinski definition) is 3. The number of carbonyl (C=O) groups is 1. The second kappa shape index (κ2) is 8.46. The molecule has 0 aliphatic carbocycles. The average Bonchev–Trinajstić information content (AvgIpc) is 2.40. The number of benzene rings is 1. The average molecular weight is 390 g/mol. The van der Waals surface area contributed by atoms with Crippen LogP contribution in [-0.4, -0.2) is 42.1 Å². The molecule has 1 aromatic rings. The second-order valence-electron chi connectivity index (χ2n) is 5.20.